The van der Waals surface area contributed by atoms with Crippen molar-refractivity contribution >= 4 is 16.8 Å². The molecule has 1 atom stereocenters. The van der Waals surface area contributed by atoms with E-state index in [9.17, 15) is 9.18 Å². The van der Waals surface area contributed by atoms with Gasteiger partial charge in [-0.05, 0) is 44.0 Å². The lowest BCUT2D eigenvalue weighted by Gasteiger charge is -2.34. The van der Waals surface area contributed by atoms with Crippen molar-refractivity contribution in [3.8, 4) is 0 Å². The SMILES string of the molecule is CC(C)N1Cc2cn(C)nc2[C@H](C(=O)NCCc2c[nH]c3ccc(F)cc23)C1. The van der Waals surface area contributed by atoms with Crippen LogP contribution in [0.4, 0.5) is 4.39 Å². The maximum Gasteiger partial charge on any atom is 0.230 e. The Kier molecular flexibility index (Phi) is 4.93. The van der Waals surface area contributed by atoms with Crippen LogP contribution in [0.2, 0.25) is 0 Å². The Balaban J connectivity index is 1.45. The lowest BCUT2D eigenvalue weighted by atomic mass is 9.94. The molecule has 7 heteroatoms. The minimum absolute atomic E-state index is 0.00341. The number of aromatic amines is 1. The number of fused-ring (bicyclic) bond motifs is 2. The molecule has 0 aliphatic carbocycles. The van der Waals surface area contributed by atoms with E-state index in [1.165, 1.54) is 12.1 Å². The Morgan fingerprint density at radius 3 is 3.04 bits per heavy atom. The van der Waals surface area contributed by atoms with Gasteiger partial charge in [-0.2, -0.15) is 5.10 Å². The first-order chi connectivity index (χ1) is 13.4. The van der Waals surface area contributed by atoms with Gasteiger partial charge >= 0.3 is 0 Å². The van der Waals surface area contributed by atoms with Crippen molar-refractivity contribution in [2.75, 3.05) is 13.1 Å². The van der Waals surface area contributed by atoms with Gasteiger partial charge in [0, 0.05) is 61.6 Å². The average molecular weight is 383 g/mol. The number of hydrogen-bond acceptors (Lipinski definition) is 3. The zero-order valence-electron chi connectivity index (χ0n) is 16.5. The minimum atomic E-state index is -0.271. The van der Waals surface area contributed by atoms with Crippen LogP contribution >= 0.6 is 0 Å². The summed E-state index contributed by atoms with van der Waals surface area (Å²) < 4.78 is 15.3. The van der Waals surface area contributed by atoms with E-state index >= 15 is 0 Å². The Bertz CT molecular complexity index is 1010. The Labute approximate surface area is 163 Å². The third-order valence-corrected chi connectivity index (χ3v) is 5.53. The van der Waals surface area contributed by atoms with Crippen LogP contribution in [0.3, 0.4) is 0 Å². The molecule has 28 heavy (non-hydrogen) atoms. The summed E-state index contributed by atoms with van der Waals surface area (Å²) in [5.74, 6) is -0.528. The molecule has 0 bridgehead atoms. The Hall–Kier alpha value is -2.67. The van der Waals surface area contributed by atoms with Gasteiger partial charge in [0.25, 0.3) is 0 Å². The van der Waals surface area contributed by atoms with Crippen molar-refractivity contribution in [2.24, 2.45) is 7.05 Å². The first-order valence-corrected chi connectivity index (χ1v) is 9.72. The molecule has 4 rings (SSSR count). The van der Waals surface area contributed by atoms with Crippen LogP contribution in [-0.2, 0) is 24.8 Å². The molecule has 1 aliphatic rings. The Morgan fingerprint density at radius 1 is 1.43 bits per heavy atom. The van der Waals surface area contributed by atoms with Crippen LogP contribution in [0.25, 0.3) is 10.9 Å². The number of aryl methyl sites for hydroxylation is 1. The van der Waals surface area contributed by atoms with Crippen LogP contribution < -0.4 is 5.32 Å². The second-order valence-corrected chi connectivity index (χ2v) is 7.83. The van der Waals surface area contributed by atoms with Crippen molar-refractivity contribution in [3.63, 3.8) is 0 Å². The molecule has 1 aliphatic heterocycles. The number of H-pyrrole nitrogens is 1. The maximum atomic E-state index is 13.5. The van der Waals surface area contributed by atoms with E-state index in [0.29, 0.717) is 25.6 Å². The summed E-state index contributed by atoms with van der Waals surface area (Å²) in [6.07, 6.45) is 4.53. The zero-order chi connectivity index (χ0) is 19.8. The Morgan fingerprint density at radius 2 is 2.25 bits per heavy atom. The number of amides is 1. The van der Waals surface area contributed by atoms with Crippen molar-refractivity contribution < 1.29 is 9.18 Å². The van der Waals surface area contributed by atoms with Crippen molar-refractivity contribution in [1.29, 1.82) is 0 Å². The van der Waals surface area contributed by atoms with Crippen molar-refractivity contribution in [2.45, 2.75) is 38.8 Å². The molecule has 2 aromatic heterocycles. The highest BCUT2D eigenvalue weighted by molar-refractivity contribution is 5.85. The quantitative estimate of drug-likeness (QED) is 0.712. The van der Waals surface area contributed by atoms with Gasteiger partial charge in [-0.3, -0.25) is 14.4 Å². The average Bonchev–Trinajstić information content (AvgIpc) is 3.22. The number of hydrogen-bond donors (Lipinski definition) is 2. The number of benzene rings is 1. The summed E-state index contributed by atoms with van der Waals surface area (Å²) in [6.45, 7) is 6.29. The molecule has 3 heterocycles. The number of carbonyl (C=O) groups excluding carboxylic acids is 1. The standard InChI is InChI=1S/C21H26FN5O/c1-13(2)27-11-15-10-26(3)25-20(15)18(12-27)21(28)23-7-6-14-9-24-19-5-4-16(22)8-17(14)19/h4-5,8-10,13,18,24H,6-7,11-12H2,1-3H3,(H,23,28)/t18-/m1/s1. The maximum absolute atomic E-state index is 13.5. The predicted molar refractivity (Wildman–Crippen MR) is 106 cm³/mol. The summed E-state index contributed by atoms with van der Waals surface area (Å²) in [5, 5.41) is 8.46. The molecular formula is C21H26FN5O. The van der Waals surface area contributed by atoms with E-state index in [-0.39, 0.29) is 17.6 Å². The van der Waals surface area contributed by atoms with Crippen LogP contribution in [0.1, 0.15) is 36.6 Å². The molecule has 3 aromatic rings. The van der Waals surface area contributed by atoms with E-state index in [1.807, 2.05) is 19.4 Å². The highest BCUT2D eigenvalue weighted by Crippen LogP contribution is 2.28. The van der Waals surface area contributed by atoms with Crippen LogP contribution in [0.5, 0.6) is 0 Å². The van der Waals surface area contributed by atoms with Gasteiger partial charge in [0.2, 0.25) is 5.91 Å². The van der Waals surface area contributed by atoms with Crippen molar-refractivity contribution in [1.82, 2.24) is 25.0 Å². The molecule has 0 radical (unpaired) electrons. The van der Waals surface area contributed by atoms with Gasteiger partial charge in [-0.25, -0.2) is 4.39 Å². The molecule has 0 fully saturated rings. The van der Waals surface area contributed by atoms with E-state index in [4.69, 9.17) is 0 Å². The number of carbonyl (C=O) groups is 1. The van der Waals surface area contributed by atoms with E-state index in [2.05, 4.69) is 34.1 Å². The third kappa shape index (κ3) is 3.54. The normalized spacial score (nSPS) is 17.2. The lowest BCUT2D eigenvalue weighted by molar-refractivity contribution is -0.123. The fourth-order valence-corrected chi connectivity index (χ4v) is 3.98. The van der Waals surface area contributed by atoms with E-state index in [1.54, 1.807) is 10.7 Å². The first kappa shape index (κ1) is 18.7. The van der Waals surface area contributed by atoms with Crippen LogP contribution in [0, 0.1) is 5.82 Å². The number of rotatable bonds is 5. The summed E-state index contributed by atoms with van der Waals surface area (Å²) in [7, 11) is 1.89. The molecule has 0 saturated heterocycles. The fraction of sp³-hybridized carbons (Fsp3) is 0.429. The number of nitrogens with zero attached hydrogens (tertiary/aromatic N) is 3. The summed E-state index contributed by atoms with van der Waals surface area (Å²) in [5.41, 5.74) is 3.90. The van der Waals surface area contributed by atoms with Gasteiger partial charge in [0.05, 0.1) is 11.6 Å². The molecule has 148 valence electrons. The zero-order valence-corrected chi connectivity index (χ0v) is 16.5. The lowest BCUT2D eigenvalue weighted by Crippen LogP contribution is -2.44. The molecule has 0 unspecified atom stereocenters. The van der Waals surface area contributed by atoms with Crippen LogP contribution in [0.15, 0.2) is 30.6 Å². The topological polar surface area (TPSA) is 66.0 Å². The van der Waals surface area contributed by atoms with Gasteiger partial charge in [0.1, 0.15) is 5.82 Å². The second-order valence-electron chi connectivity index (χ2n) is 7.83. The van der Waals surface area contributed by atoms with Gasteiger partial charge in [0.15, 0.2) is 0 Å². The largest absolute Gasteiger partial charge is 0.361 e. The van der Waals surface area contributed by atoms with Crippen LogP contribution in [-0.4, -0.2) is 44.7 Å². The minimum Gasteiger partial charge on any atom is -0.361 e. The summed E-state index contributed by atoms with van der Waals surface area (Å²) in [6, 6.07) is 5.07. The molecule has 6 nitrogen and oxygen atoms in total. The molecule has 2 N–H and O–H groups in total. The van der Waals surface area contributed by atoms with Crippen molar-refractivity contribution in [3.05, 3.63) is 53.2 Å². The number of halogens is 1. The van der Waals surface area contributed by atoms with E-state index in [0.717, 1.165) is 34.3 Å². The molecule has 1 aromatic carbocycles. The fourth-order valence-electron chi connectivity index (χ4n) is 3.98. The first-order valence-electron chi connectivity index (χ1n) is 9.72. The summed E-state index contributed by atoms with van der Waals surface area (Å²) >= 11 is 0. The van der Waals surface area contributed by atoms with E-state index < -0.39 is 0 Å². The number of nitrogens with one attached hydrogen (secondary N) is 2. The summed E-state index contributed by atoms with van der Waals surface area (Å²) in [4.78, 5) is 18.4. The molecule has 0 saturated carbocycles. The second kappa shape index (κ2) is 7.39. The smallest absolute Gasteiger partial charge is 0.230 e. The van der Waals surface area contributed by atoms with Gasteiger partial charge in [-0.15, -0.1) is 0 Å². The highest BCUT2D eigenvalue weighted by atomic mass is 19.1. The van der Waals surface area contributed by atoms with Gasteiger partial charge in [-0.1, -0.05) is 0 Å². The monoisotopic (exact) mass is 383 g/mol. The molecule has 1 amide bonds. The third-order valence-electron chi connectivity index (χ3n) is 5.53. The highest BCUT2D eigenvalue weighted by Gasteiger charge is 2.33. The predicted octanol–water partition coefficient (Wildman–Crippen LogP) is 2.71. The molecular weight excluding hydrogens is 357 g/mol. The molecule has 0 spiro atoms. The number of aromatic nitrogens is 3. The van der Waals surface area contributed by atoms with Gasteiger partial charge < -0.3 is 10.3 Å².